The van der Waals surface area contributed by atoms with E-state index in [4.69, 9.17) is 23.7 Å². The first-order valence-corrected chi connectivity index (χ1v) is 15.7. The van der Waals surface area contributed by atoms with E-state index in [1.165, 1.54) is 19.3 Å². The minimum absolute atomic E-state index is 0.0844. The van der Waals surface area contributed by atoms with Crippen LogP contribution in [0.1, 0.15) is 99.8 Å². The molecule has 4 aliphatic heterocycles. The Morgan fingerprint density at radius 3 is 2.49 bits per heavy atom. The highest BCUT2D eigenvalue weighted by atomic mass is 32.1. The summed E-state index contributed by atoms with van der Waals surface area (Å²) in [6.07, 6.45) is 6.00. The molecule has 4 rings (SSSR count). The highest BCUT2D eigenvalue weighted by molar-refractivity contribution is 7.81. The summed E-state index contributed by atoms with van der Waals surface area (Å²) in [6, 6.07) is 0.470. The molecule has 9 unspecified atom stereocenters. The molecule has 4 fully saturated rings. The lowest BCUT2D eigenvalue weighted by molar-refractivity contribution is -0.262. The number of cyclic esters (lactones) is 1. The lowest BCUT2D eigenvalue weighted by atomic mass is 9.80. The van der Waals surface area contributed by atoms with Gasteiger partial charge in [-0.3, -0.25) is 4.79 Å². The molecule has 2 bridgehead atoms. The van der Waals surface area contributed by atoms with Crippen molar-refractivity contribution >= 4 is 18.6 Å². The molecule has 4 saturated heterocycles. The molecule has 7 nitrogen and oxygen atoms in total. The van der Waals surface area contributed by atoms with E-state index in [-0.39, 0.29) is 54.9 Å². The highest BCUT2D eigenvalue weighted by Gasteiger charge is 2.52. The number of hydrogen-bond donors (Lipinski definition) is 1. The van der Waals surface area contributed by atoms with Crippen LogP contribution in [-0.4, -0.2) is 77.3 Å². The molecule has 8 heteroatoms. The van der Waals surface area contributed by atoms with Gasteiger partial charge in [-0.1, -0.05) is 32.4 Å². The number of fused-ring (bicyclic) bond motifs is 2. The highest BCUT2D eigenvalue weighted by Crippen LogP contribution is 2.45. The van der Waals surface area contributed by atoms with E-state index in [1.54, 1.807) is 0 Å². The number of carbonyl (C=O) groups is 1. The first kappa shape index (κ1) is 31.3. The van der Waals surface area contributed by atoms with Crippen LogP contribution in [-0.2, 0) is 28.5 Å². The Morgan fingerprint density at radius 2 is 1.82 bits per heavy atom. The standard InChI is InChI=1S/C31H53NO6S/c1-19-14-27(33)35-26(23(5)37-30(6,7)39)17-25-20(2)18-31(8,38-25)29(22(19)4)36-28-16-24(15-21(3)34-28)32-12-10-9-11-13-32/h20-26,28-29,39H,1,9-18H2,2-8H3/t20?,21?,22?,23?,24?,25?,26?,28?,29?,31-/m0/s1. The van der Waals surface area contributed by atoms with Gasteiger partial charge in [0.1, 0.15) is 11.0 Å². The number of thiol groups is 1. The number of likely N-dealkylation sites (tertiary alicyclic amines) is 1. The van der Waals surface area contributed by atoms with E-state index in [2.05, 4.69) is 51.8 Å². The number of ether oxygens (including phenoxy) is 5. The SMILES string of the molecule is C=C1CC(=O)OC(C(C)OC(C)(C)S)CC2O[C@@](C)(CC2C)C(OC2CC(N3CCCCC3)CC(C)O2)C1C. The van der Waals surface area contributed by atoms with E-state index in [0.717, 1.165) is 37.9 Å². The van der Waals surface area contributed by atoms with Crippen molar-refractivity contribution in [2.75, 3.05) is 13.1 Å². The molecule has 0 amide bonds. The zero-order valence-electron chi connectivity index (χ0n) is 25.3. The summed E-state index contributed by atoms with van der Waals surface area (Å²) in [5.74, 6) is -0.124. The molecular weight excluding hydrogens is 514 g/mol. The van der Waals surface area contributed by atoms with E-state index in [0.29, 0.717) is 12.5 Å². The van der Waals surface area contributed by atoms with Crippen LogP contribution in [0.5, 0.6) is 0 Å². The summed E-state index contributed by atoms with van der Waals surface area (Å²) in [5.41, 5.74) is 0.258. The molecule has 0 saturated carbocycles. The third kappa shape index (κ3) is 8.01. The lowest BCUT2D eigenvalue weighted by Gasteiger charge is -2.45. The van der Waals surface area contributed by atoms with Crippen molar-refractivity contribution in [1.82, 2.24) is 4.90 Å². The quantitative estimate of drug-likeness (QED) is 0.185. The predicted molar refractivity (Wildman–Crippen MR) is 156 cm³/mol. The van der Waals surface area contributed by atoms with Crippen molar-refractivity contribution in [3.8, 4) is 0 Å². The van der Waals surface area contributed by atoms with Crippen molar-refractivity contribution in [1.29, 1.82) is 0 Å². The summed E-state index contributed by atoms with van der Waals surface area (Å²) in [5, 5.41) is 0. The van der Waals surface area contributed by atoms with Crippen molar-refractivity contribution in [3.05, 3.63) is 12.2 Å². The third-order valence-corrected chi connectivity index (χ3v) is 9.36. The van der Waals surface area contributed by atoms with E-state index >= 15 is 0 Å². The first-order chi connectivity index (χ1) is 18.2. The van der Waals surface area contributed by atoms with Crippen LogP contribution >= 0.6 is 12.6 Å². The van der Waals surface area contributed by atoms with Crippen LogP contribution in [0.15, 0.2) is 12.2 Å². The number of rotatable bonds is 6. The number of hydrogen-bond acceptors (Lipinski definition) is 8. The molecule has 224 valence electrons. The van der Waals surface area contributed by atoms with Crippen LogP contribution in [0.2, 0.25) is 0 Å². The minimum Gasteiger partial charge on any atom is -0.459 e. The smallest absolute Gasteiger partial charge is 0.310 e. The van der Waals surface area contributed by atoms with Gasteiger partial charge >= 0.3 is 5.97 Å². The molecule has 0 spiro atoms. The zero-order chi connectivity index (χ0) is 28.5. The Kier molecular flexibility index (Phi) is 10.2. The monoisotopic (exact) mass is 567 g/mol. The molecule has 0 aromatic carbocycles. The van der Waals surface area contributed by atoms with Gasteiger partial charge in [0.05, 0.1) is 36.4 Å². The Labute approximate surface area is 242 Å². The summed E-state index contributed by atoms with van der Waals surface area (Å²) in [4.78, 5) is 15.1. The van der Waals surface area contributed by atoms with Gasteiger partial charge in [-0.2, -0.15) is 0 Å². The van der Waals surface area contributed by atoms with Gasteiger partial charge in [0.15, 0.2) is 6.29 Å². The maximum absolute atomic E-state index is 13.1. The average Bonchev–Trinajstić information content (AvgIpc) is 3.13. The molecule has 39 heavy (non-hydrogen) atoms. The molecule has 0 aromatic heterocycles. The van der Waals surface area contributed by atoms with Gasteiger partial charge in [0.2, 0.25) is 0 Å². The van der Waals surface area contributed by atoms with Gasteiger partial charge < -0.3 is 28.6 Å². The molecule has 4 aliphatic rings. The maximum Gasteiger partial charge on any atom is 0.310 e. The van der Waals surface area contributed by atoms with Crippen LogP contribution in [0, 0.1) is 11.8 Å². The Hall–Kier alpha value is -0.640. The second kappa shape index (κ2) is 12.7. The maximum atomic E-state index is 13.1. The second-order valence-corrected chi connectivity index (χ2v) is 14.5. The zero-order valence-corrected chi connectivity index (χ0v) is 26.2. The fraction of sp³-hybridized carbons (Fsp3) is 0.903. The van der Waals surface area contributed by atoms with Crippen LogP contribution in [0.25, 0.3) is 0 Å². The van der Waals surface area contributed by atoms with Crippen molar-refractivity contribution < 1.29 is 28.5 Å². The van der Waals surface area contributed by atoms with Gasteiger partial charge in [-0.05, 0) is 79.3 Å². The Morgan fingerprint density at radius 1 is 1.13 bits per heavy atom. The van der Waals surface area contributed by atoms with Crippen molar-refractivity contribution in [2.45, 2.75) is 153 Å². The molecular formula is C31H53NO6S. The second-order valence-electron chi connectivity index (χ2n) is 13.5. The fourth-order valence-corrected chi connectivity index (χ4v) is 7.47. The molecule has 0 radical (unpaired) electrons. The molecule has 10 atom stereocenters. The third-order valence-electron chi connectivity index (χ3n) is 9.26. The molecule has 0 N–H and O–H groups in total. The van der Waals surface area contributed by atoms with E-state index in [1.807, 2.05) is 20.8 Å². The number of esters is 1. The topological polar surface area (TPSA) is 66.5 Å². The number of piperidine rings is 1. The van der Waals surface area contributed by atoms with Gasteiger partial charge in [0, 0.05) is 24.8 Å². The predicted octanol–water partition coefficient (Wildman–Crippen LogP) is 5.90. The van der Waals surface area contributed by atoms with Gasteiger partial charge in [0.25, 0.3) is 0 Å². The van der Waals surface area contributed by atoms with Crippen LogP contribution in [0.3, 0.4) is 0 Å². The number of nitrogens with zero attached hydrogens (tertiary/aromatic N) is 1. The summed E-state index contributed by atoms with van der Waals surface area (Å²) in [6.45, 7) is 21.0. The van der Waals surface area contributed by atoms with E-state index in [9.17, 15) is 4.79 Å². The largest absolute Gasteiger partial charge is 0.459 e. The molecule has 0 aromatic rings. The van der Waals surface area contributed by atoms with Crippen molar-refractivity contribution in [3.63, 3.8) is 0 Å². The Bertz CT molecular complexity index is 857. The van der Waals surface area contributed by atoms with Gasteiger partial charge in [-0.15, -0.1) is 12.6 Å². The normalized spacial score (nSPS) is 42.1. The fourth-order valence-electron chi connectivity index (χ4n) is 7.31. The summed E-state index contributed by atoms with van der Waals surface area (Å²) < 4.78 is 32.3. The molecule has 0 aliphatic carbocycles. The molecule has 4 heterocycles. The van der Waals surface area contributed by atoms with E-state index < -0.39 is 16.6 Å². The van der Waals surface area contributed by atoms with Crippen LogP contribution in [0.4, 0.5) is 0 Å². The number of carbonyl (C=O) groups excluding carboxylic acids is 1. The van der Waals surface area contributed by atoms with Crippen molar-refractivity contribution in [2.24, 2.45) is 11.8 Å². The first-order valence-electron chi connectivity index (χ1n) is 15.2. The Balaban J connectivity index is 1.55. The minimum atomic E-state index is -0.644. The summed E-state index contributed by atoms with van der Waals surface area (Å²) in [7, 11) is 0. The lowest BCUT2D eigenvalue weighted by Crippen LogP contribution is -2.52. The summed E-state index contributed by atoms with van der Waals surface area (Å²) >= 11 is 4.53. The van der Waals surface area contributed by atoms with Crippen LogP contribution < -0.4 is 0 Å². The average molecular weight is 568 g/mol. The van der Waals surface area contributed by atoms with Gasteiger partial charge in [-0.25, -0.2) is 0 Å².